The number of anilines is 1. The predicted octanol–water partition coefficient (Wildman–Crippen LogP) is 3.66. The third-order valence-corrected chi connectivity index (χ3v) is 4.81. The van der Waals surface area contributed by atoms with Gasteiger partial charge in [-0.05, 0) is 48.9 Å². The van der Waals surface area contributed by atoms with Crippen molar-refractivity contribution >= 4 is 22.9 Å². The lowest BCUT2D eigenvalue weighted by Gasteiger charge is -2.22. The van der Waals surface area contributed by atoms with Crippen molar-refractivity contribution in [3.05, 3.63) is 52.2 Å². The second-order valence-corrected chi connectivity index (χ2v) is 6.74. The zero-order valence-electron chi connectivity index (χ0n) is 13.1. The first-order chi connectivity index (χ1) is 11.3. The molecule has 1 aromatic heterocycles. The SMILES string of the molecule is O=C(NC[C@H]1CCCCO1)c1cccc(NCc2cccs2)c1. The average molecular weight is 330 g/mol. The molecule has 0 unspecified atom stereocenters. The lowest BCUT2D eigenvalue weighted by molar-refractivity contribution is 0.0169. The second-order valence-electron chi connectivity index (χ2n) is 5.71. The minimum atomic E-state index is -0.0426. The van der Waals surface area contributed by atoms with E-state index in [4.69, 9.17) is 4.74 Å². The van der Waals surface area contributed by atoms with E-state index >= 15 is 0 Å². The Kier molecular flexibility index (Phi) is 5.66. The van der Waals surface area contributed by atoms with Crippen LogP contribution in [0.25, 0.3) is 0 Å². The third-order valence-electron chi connectivity index (χ3n) is 3.94. The molecule has 1 atom stereocenters. The first-order valence-electron chi connectivity index (χ1n) is 8.07. The van der Waals surface area contributed by atoms with Gasteiger partial charge in [0, 0.05) is 35.8 Å². The van der Waals surface area contributed by atoms with Crippen LogP contribution < -0.4 is 10.6 Å². The number of hydrogen-bond acceptors (Lipinski definition) is 4. The number of carbonyl (C=O) groups is 1. The van der Waals surface area contributed by atoms with Gasteiger partial charge in [-0.25, -0.2) is 0 Å². The van der Waals surface area contributed by atoms with Gasteiger partial charge in [-0.3, -0.25) is 4.79 Å². The molecule has 1 aliphatic heterocycles. The van der Waals surface area contributed by atoms with E-state index in [1.165, 1.54) is 11.3 Å². The van der Waals surface area contributed by atoms with Crippen LogP contribution in [0.1, 0.15) is 34.5 Å². The van der Waals surface area contributed by atoms with Crippen LogP contribution in [-0.2, 0) is 11.3 Å². The van der Waals surface area contributed by atoms with E-state index < -0.39 is 0 Å². The summed E-state index contributed by atoms with van der Waals surface area (Å²) in [5.41, 5.74) is 1.64. The largest absolute Gasteiger partial charge is 0.380 e. The van der Waals surface area contributed by atoms with Gasteiger partial charge in [-0.1, -0.05) is 12.1 Å². The molecule has 2 heterocycles. The molecule has 0 aliphatic carbocycles. The Morgan fingerprint density at radius 1 is 1.26 bits per heavy atom. The van der Waals surface area contributed by atoms with Gasteiger partial charge in [0.1, 0.15) is 0 Å². The van der Waals surface area contributed by atoms with E-state index in [2.05, 4.69) is 22.1 Å². The van der Waals surface area contributed by atoms with Gasteiger partial charge < -0.3 is 15.4 Å². The summed E-state index contributed by atoms with van der Waals surface area (Å²) in [5, 5.41) is 8.39. The molecular formula is C18H22N2O2S. The second kappa shape index (κ2) is 8.13. The van der Waals surface area contributed by atoms with Crippen molar-refractivity contribution in [3.8, 4) is 0 Å². The van der Waals surface area contributed by atoms with Crippen molar-refractivity contribution in [3.63, 3.8) is 0 Å². The Balaban J connectivity index is 1.52. The van der Waals surface area contributed by atoms with E-state index in [9.17, 15) is 4.79 Å². The van der Waals surface area contributed by atoms with Crippen molar-refractivity contribution in [2.45, 2.75) is 31.9 Å². The van der Waals surface area contributed by atoms with Gasteiger partial charge >= 0.3 is 0 Å². The highest BCUT2D eigenvalue weighted by molar-refractivity contribution is 7.09. The highest BCUT2D eigenvalue weighted by Crippen LogP contribution is 2.15. The van der Waals surface area contributed by atoms with E-state index in [1.54, 1.807) is 11.3 Å². The highest BCUT2D eigenvalue weighted by atomic mass is 32.1. The number of thiophene rings is 1. The molecule has 3 rings (SSSR count). The molecule has 5 heteroatoms. The van der Waals surface area contributed by atoms with Crippen molar-refractivity contribution in [1.82, 2.24) is 5.32 Å². The van der Waals surface area contributed by atoms with E-state index in [1.807, 2.05) is 30.3 Å². The fourth-order valence-electron chi connectivity index (χ4n) is 2.65. The Bertz CT molecular complexity index is 622. The molecule has 0 spiro atoms. The van der Waals surface area contributed by atoms with Crippen LogP contribution in [0, 0.1) is 0 Å². The number of hydrogen-bond donors (Lipinski definition) is 2. The third kappa shape index (κ3) is 4.81. The molecule has 2 N–H and O–H groups in total. The number of rotatable bonds is 6. The molecule has 4 nitrogen and oxygen atoms in total. The molecule has 1 aromatic carbocycles. The van der Waals surface area contributed by atoms with E-state index in [-0.39, 0.29) is 12.0 Å². The lowest BCUT2D eigenvalue weighted by atomic mass is 10.1. The maximum Gasteiger partial charge on any atom is 0.251 e. The summed E-state index contributed by atoms with van der Waals surface area (Å²) in [4.78, 5) is 13.6. The van der Waals surface area contributed by atoms with Crippen LogP contribution in [0.5, 0.6) is 0 Å². The summed E-state index contributed by atoms with van der Waals surface area (Å²) in [6.45, 7) is 2.17. The van der Waals surface area contributed by atoms with Crippen molar-refractivity contribution in [2.75, 3.05) is 18.5 Å². The lowest BCUT2D eigenvalue weighted by Crippen LogP contribution is -2.35. The maximum absolute atomic E-state index is 12.3. The molecule has 1 amide bonds. The molecule has 0 saturated carbocycles. The van der Waals surface area contributed by atoms with Crippen LogP contribution in [0.2, 0.25) is 0 Å². The summed E-state index contributed by atoms with van der Waals surface area (Å²) in [6.07, 6.45) is 3.50. The van der Waals surface area contributed by atoms with Gasteiger partial charge in [0.2, 0.25) is 0 Å². The first-order valence-corrected chi connectivity index (χ1v) is 8.95. The van der Waals surface area contributed by atoms with Crippen LogP contribution in [0.3, 0.4) is 0 Å². The number of amides is 1. The highest BCUT2D eigenvalue weighted by Gasteiger charge is 2.15. The Hall–Kier alpha value is -1.85. The molecule has 0 radical (unpaired) electrons. The topological polar surface area (TPSA) is 50.4 Å². The summed E-state index contributed by atoms with van der Waals surface area (Å²) >= 11 is 1.72. The quantitative estimate of drug-likeness (QED) is 0.850. The number of nitrogens with one attached hydrogen (secondary N) is 2. The minimum Gasteiger partial charge on any atom is -0.380 e. The molecule has 1 aliphatic rings. The van der Waals surface area contributed by atoms with Crippen LogP contribution in [0.15, 0.2) is 41.8 Å². The summed E-state index contributed by atoms with van der Waals surface area (Å²) in [6, 6.07) is 11.8. The molecule has 0 bridgehead atoms. The van der Waals surface area contributed by atoms with Crippen molar-refractivity contribution in [2.24, 2.45) is 0 Å². The molecule has 1 saturated heterocycles. The Morgan fingerprint density at radius 2 is 2.22 bits per heavy atom. The fourth-order valence-corrected chi connectivity index (χ4v) is 3.29. The molecule has 23 heavy (non-hydrogen) atoms. The molecule has 122 valence electrons. The minimum absolute atomic E-state index is 0.0426. The van der Waals surface area contributed by atoms with Crippen LogP contribution >= 0.6 is 11.3 Å². The maximum atomic E-state index is 12.3. The normalized spacial score (nSPS) is 17.7. The van der Waals surface area contributed by atoms with E-state index in [0.29, 0.717) is 12.1 Å². The number of benzene rings is 1. The van der Waals surface area contributed by atoms with Crippen molar-refractivity contribution < 1.29 is 9.53 Å². The standard InChI is InChI=1S/C18H22N2O2S/c21-18(20-12-16-7-1-2-9-22-16)14-5-3-6-15(11-14)19-13-17-8-4-10-23-17/h3-6,8,10-11,16,19H,1-2,7,9,12-13H2,(H,20,21)/t16-/m1/s1. The fraction of sp³-hybridized carbons (Fsp3) is 0.389. The Labute approximate surface area is 140 Å². The first kappa shape index (κ1) is 16.0. The van der Waals surface area contributed by atoms with Crippen molar-refractivity contribution in [1.29, 1.82) is 0 Å². The average Bonchev–Trinajstić information content (AvgIpc) is 3.12. The van der Waals surface area contributed by atoms with Crippen LogP contribution in [0.4, 0.5) is 5.69 Å². The van der Waals surface area contributed by atoms with Gasteiger partial charge in [0.15, 0.2) is 0 Å². The number of carbonyl (C=O) groups excluding carboxylic acids is 1. The molecular weight excluding hydrogens is 308 g/mol. The van der Waals surface area contributed by atoms with Gasteiger partial charge in [0.25, 0.3) is 5.91 Å². The smallest absolute Gasteiger partial charge is 0.251 e. The zero-order valence-corrected chi connectivity index (χ0v) is 13.9. The molecule has 2 aromatic rings. The summed E-state index contributed by atoms with van der Waals surface area (Å²) in [5.74, 6) is -0.0426. The van der Waals surface area contributed by atoms with Crippen LogP contribution in [-0.4, -0.2) is 25.2 Å². The predicted molar refractivity (Wildman–Crippen MR) is 94.0 cm³/mol. The monoisotopic (exact) mass is 330 g/mol. The number of ether oxygens (including phenoxy) is 1. The van der Waals surface area contributed by atoms with E-state index in [0.717, 1.165) is 31.7 Å². The summed E-state index contributed by atoms with van der Waals surface area (Å²) in [7, 11) is 0. The van der Waals surface area contributed by atoms with Gasteiger partial charge in [-0.15, -0.1) is 11.3 Å². The van der Waals surface area contributed by atoms with Gasteiger partial charge in [-0.2, -0.15) is 0 Å². The summed E-state index contributed by atoms with van der Waals surface area (Å²) < 4.78 is 5.64. The molecule has 1 fully saturated rings. The van der Waals surface area contributed by atoms with Gasteiger partial charge in [0.05, 0.1) is 6.10 Å². The Morgan fingerprint density at radius 3 is 3.00 bits per heavy atom. The zero-order chi connectivity index (χ0) is 15.9.